The lowest BCUT2D eigenvalue weighted by Gasteiger charge is -2.14. The number of benzene rings is 2. The fourth-order valence-corrected chi connectivity index (χ4v) is 6.17. The van der Waals surface area contributed by atoms with E-state index in [0.717, 1.165) is 22.3 Å². The van der Waals surface area contributed by atoms with Crippen LogP contribution in [-0.2, 0) is 52.0 Å². The number of carbonyl (C=O) groups is 6. The van der Waals surface area contributed by atoms with E-state index in [1.165, 1.54) is 23.5 Å². The van der Waals surface area contributed by atoms with Gasteiger partial charge >= 0.3 is 0 Å². The van der Waals surface area contributed by atoms with Crippen LogP contribution in [0.15, 0.2) is 58.5 Å². The Hall–Kier alpha value is -3.63. The molecule has 5 rings (SSSR count). The van der Waals surface area contributed by atoms with Crippen LogP contribution in [0.1, 0.15) is 41.5 Å². The highest BCUT2D eigenvalue weighted by Crippen LogP contribution is 2.23. The lowest BCUT2D eigenvalue weighted by atomic mass is 10.1. The predicted molar refractivity (Wildman–Crippen MR) is 178 cm³/mol. The second kappa shape index (κ2) is 18.4. The Morgan fingerprint density at radius 2 is 0.933 bits per heavy atom. The Bertz CT molecular complexity index is 1430. The Kier molecular flexibility index (Phi) is 14.6. The molecular weight excluding hydrogens is 683 g/mol. The number of halogens is 2. The van der Waals surface area contributed by atoms with E-state index in [9.17, 15) is 28.8 Å². The molecule has 0 atom stereocenters. The number of rotatable bonds is 6. The van der Waals surface area contributed by atoms with E-state index in [2.05, 4.69) is 43.5 Å². The summed E-state index contributed by atoms with van der Waals surface area (Å²) in [5.41, 5.74) is 4.24. The molecule has 1 fully saturated rings. The third-order valence-electron chi connectivity index (χ3n) is 5.65. The van der Waals surface area contributed by atoms with E-state index in [0.29, 0.717) is 33.6 Å². The first-order valence-electron chi connectivity index (χ1n) is 13.0. The summed E-state index contributed by atoms with van der Waals surface area (Å²) in [6.45, 7) is 0. The number of nitrogens with zero attached hydrogens (tertiary/aromatic N) is 2. The third kappa shape index (κ3) is 12.7. The molecular formula is C28H26Cl2N6O6S3. The standard InChI is InChI=1S/C16H14N4O4S2.C8H8Cl2.C4H4N2O2S/c21-11-5-12(22)18-15(17-11)25-7-9-3-1-2-4-10(9)8-26-16-19-13(23)6-14(24)20-16;9-5-7-3-1-2-4-8(7)6-10;7-2-1-3(8)6-4(9)5-2/h1-4H,5-8H2,(H,17,18,21,22)(H,19,20,23,24);1-4H,5-6H2;1H2,(H2,5,6,7,8,9). The van der Waals surface area contributed by atoms with Crippen LogP contribution in [0.4, 0.5) is 0 Å². The van der Waals surface area contributed by atoms with Gasteiger partial charge in [0.2, 0.25) is 23.6 Å². The van der Waals surface area contributed by atoms with Gasteiger partial charge in [-0.25, -0.2) is 0 Å². The average Bonchev–Trinajstić information content (AvgIpc) is 2.98. The number of aliphatic imine (C=N–C) groups is 2. The fraction of sp³-hybridized carbons (Fsp3) is 0.250. The minimum absolute atomic E-state index is 0.0938. The van der Waals surface area contributed by atoms with E-state index in [1.807, 2.05) is 48.5 Å². The van der Waals surface area contributed by atoms with Crippen molar-refractivity contribution in [3.8, 4) is 0 Å². The van der Waals surface area contributed by atoms with E-state index in [4.69, 9.17) is 23.2 Å². The lowest BCUT2D eigenvalue weighted by Crippen LogP contribution is -2.49. The zero-order valence-electron chi connectivity index (χ0n) is 23.4. The first-order valence-corrected chi connectivity index (χ1v) is 16.5. The Balaban J connectivity index is 0.000000236. The molecule has 17 heteroatoms. The number of nitrogens with one attached hydrogen (secondary N) is 4. The molecule has 6 amide bonds. The number of hydrogen-bond acceptors (Lipinski definition) is 9. The number of thiocarbonyl (C=S) groups is 1. The second-order valence-corrected chi connectivity index (χ2v) is 11.9. The van der Waals surface area contributed by atoms with Crippen molar-refractivity contribution in [2.24, 2.45) is 9.98 Å². The summed E-state index contributed by atoms with van der Waals surface area (Å²) >= 11 is 18.3. The maximum Gasteiger partial charge on any atom is 0.257 e. The van der Waals surface area contributed by atoms with Gasteiger partial charge in [0.05, 0.1) is 0 Å². The number of hydrogen-bond donors (Lipinski definition) is 4. The van der Waals surface area contributed by atoms with Gasteiger partial charge in [0, 0.05) is 23.3 Å². The number of carbonyl (C=O) groups excluding carboxylic acids is 6. The predicted octanol–water partition coefficient (Wildman–Crippen LogP) is 3.03. The maximum atomic E-state index is 11.4. The van der Waals surface area contributed by atoms with Gasteiger partial charge in [0.1, 0.15) is 19.3 Å². The summed E-state index contributed by atoms with van der Waals surface area (Å²) in [4.78, 5) is 74.0. The summed E-state index contributed by atoms with van der Waals surface area (Å²) in [5, 5.41) is 10.4. The smallest absolute Gasteiger partial charge is 0.257 e. The van der Waals surface area contributed by atoms with E-state index >= 15 is 0 Å². The normalized spacial score (nSPS) is 16.0. The van der Waals surface area contributed by atoms with Crippen LogP contribution in [0, 0.1) is 0 Å². The van der Waals surface area contributed by atoms with Gasteiger partial charge in [0.25, 0.3) is 11.8 Å². The van der Waals surface area contributed by atoms with E-state index in [1.54, 1.807) is 0 Å². The molecule has 0 aromatic heterocycles. The molecule has 0 aliphatic carbocycles. The van der Waals surface area contributed by atoms with Crippen molar-refractivity contribution in [3.63, 3.8) is 0 Å². The number of amidine groups is 2. The molecule has 3 aliphatic heterocycles. The van der Waals surface area contributed by atoms with Gasteiger partial charge in [0.15, 0.2) is 15.4 Å². The number of alkyl halides is 2. The fourth-order valence-electron chi connectivity index (χ4n) is 3.57. The summed E-state index contributed by atoms with van der Waals surface area (Å²) in [5.74, 6) is -0.175. The molecule has 45 heavy (non-hydrogen) atoms. The van der Waals surface area contributed by atoms with Crippen LogP contribution >= 0.6 is 58.9 Å². The van der Waals surface area contributed by atoms with Crippen LogP contribution in [-0.4, -0.2) is 50.9 Å². The molecule has 4 N–H and O–H groups in total. The molecule has 2 aromatic rings. The molecule has 0 saturated carbocycles. The van der Waals surface area contributed by atoms with Crippen LogP contribution in [0.25, 0.3) is 0 Å². The third-order valence-corrected chi connectivity index (χ3v) is 8.27. The minimum atomic E-state index is -0.448. The minimum Gasteiger partial charge on any atom is -0.305 e. The highest BCUT2D eigenvalue weighted by molar-refractivity contribution is 8.13. The van der Waals surface area contributed by atoms with Crippen LogP contribution in [0.2, 0.25) is 0 Å². The van der Waals surface area contributed by atoms with Crippen molar-refractivity contribution in [1.82, 2.24) is 21.3 Å². The summed E-state index contributed by atoms with van der Waals surface area (Å²) in [7, 11) is 0. The lowest BCUT2D eigenvalue weighted by molar-refractivity contribution is -0.130. The SMILES string of the molecule is ClCc1ccccc1CCl.O=C1CC(=O)NC(=S)N1.O=C1CC(=O)NC(SCc2ccccc2CSC2=NC(=O)CC(=O)N2)=N1. The zero-order valence-corrected chi connectivity index (χ0v) is 27.4. The van der Waals surface area contributed by atoms with Crippen LogP contribution < -0.4 is 21.3 Å². The van der Waals surface area contributed by atoms with Crippen molar-refractivity contribution in [1.29, 1.82) is 0 Å². The van der Waals surface area contributed by atoms with Gasteiger partial charge in [-0.05, 0) is 34.5 Å². The first-order chi connectivity index (χ1) is 21.6. The van der Waals surface area contributed by atoms with Gasteiger partial charge < -0.3 is 21.3 Å². The van der Waals surface area contributed by atoms with Gasteiger partial charge in [-0.3, -0.25) is 28.8 Å². The van der Waals surface area contributed by atoms with Gasteiger partial charge in [-0.1, -0.05) is 72.1 Å². The van der Waals surface area contributed by atoms with Crippen molar-refractivity contribution in [2.75, 3.05) is 0 Å². The molecule has 0 bridgehead atoms. The zero-order chi connectivity index (χ0) is 32.8. The van der Waals surface area contributed by atoms with Crippen LogP contribution in [0.5, 0.6) is 0 Å². The largest absolute Gasteiger partial charge is 0.305 e. The monoisotopic (exact) mass is 708 g/mol. The molecule has 0 unspecified atom stereocenters. The summed E-state index contributed by atoms with van der Waals surface area (Å²) in [6.07, 6.45) is -0.562. The molecule has 12 nitrogen and oxygen atoms in total. The highest BCUT2D eigenvalue weighted by atomic mass is 35.5. The molecule has 236 valence electrons. The molecule has 1 saturated heterocycles. The molecule has 0 radical (unpaired) electrons. The highest BCUT2D eigenvalue weighted by Gasteiger charge is 2.21. The van der Waals surface area contributed by atoms with Crippen molar-refractivity contribution in [2.45, 2.75) is 42.5 Å². The van der Waals surface area contributed by atoms with Crippen molar-refractivity contribution >= 4 is 110 Å². The Labute approximate surface area is 281 Å². The van der Waals surface area contributed by atoms with Crippen molar-refractivity contribution < 1.29 is 28.8 Å². The molecule has 3 heterocycles. The van der Waals surface area contributed by atoms with Gasteiger partial charge in [-0.15, -0.1) is 23.2 Å². The summed E-state index contributed by atoms with van der Waals surface area (Å²) < 4.78 is 0. The van der Waals surface area contributed by atoms with Gasteiger partial charge in [-0.2, -0.15) is 9.98 Å². The average molecular weight is 710 g/mol. The van der Waals surface area contributed by atoms with E-state index < -0.39 is 11.8 Å². The van der Waals surface area contributed by atoms with Crippen molar-refractivity contribution in [3.05, 3.63) is 70.8 Å². The molecule has 2 aromatic carbocycles. The summed E-state index contributed by atoms with van der Waals surface area (Å²) in [6, 6.07) is 15.6. The topological polar surface area (TPSA) is 175 Å². The number of amides is 6. The van der Waals surface area contributed by atoms with Crippen LogP contribution in [0.3, 0.4) is 0 Å². The first kappa shape index (κ1) is 35.8. The Morgan fingerprint density at radius 1 is 0.578 bits per heavy atom. The van der Waals surface area contributed by atoms with E-state index in [-0.39, 0.29) is 48.0 Å². The number of thioether (sulfide) groups is 2. The molecule has 3 aliphatic rings. The Morgan fingerprint density at radius 3 is 1.27 bits per heavy atom. The second-order valence-electron chi connectivity index (χ2n) is 9.06. The molecule has 0 spiro atoms. The quantitative estimate of drug-likeness (QED) is 0.200. The maximum absolute atomic E-state index is 11.4.